The van der Waals surface area contributed by atoms with Gasteiger partial charge in [0.15, 0.2) is 5.78 Å². The number of rotatable bonds is 11. The summed E-state index contributed by atoms with van der Waals surface area (Å²) in [6.07, 6.45) is 20.9. The van der Waals surface area contributed by atoms with E-state index in [4.69, 9.17) is 4.74 Å². The molecule has 0 aliphatic heterocycles. The summed E-state index contributed by atoms with van der Waals surface area (Å²) in [5.74, 6) is 2.57. The SMILES string of the molecule is O=C1C=C(Oc2cccc(-c3ccc(CCCCCCCC4CCCCC4)cc3)c2)c2ccccc2CCC1. The van der Waals surface area contributed by atoms with E-state index in [1.807, 2.05) is 18.2 Å². The number of aryl methyl sites for hydroxylation is 2. The van der Waals surface area contributed by atoms with Crippen LogP contribution in [-0.4, -0.2) is 5.78 Å². The van der Waals surface area contributed by atoms with Gasteiger partial charge in [0.05, 0.1) is 0 Å². The van der Waals surface area contributed by atoms with Crippen LogP contribution >= 0.6 is 0 Å². The van der Waals surface area contributed by atoms with Gasteiger partial charge in [-0.2, -0.15) is 0 Å². The molecule has 0 atom stereocenters. The molecular weight excluding hydrogens is 476 g/mol. The molecule has 0 saturated heterocycles. The van der Waals surface area contributed by atoms with Crippen molar-refractivity contribution in [3.63, 3.8) is 0 Å². The van der Waals surface area contributed by atoms with Gasteiger partial charge in [-0.05, 0) is 66.0 Å². The molecule has 0 N–H and O–H groups in total. The number of benzene rings is 3. The number of ether oxygens (including phenoxy) is 1. The molecule has 1 saturated carbocycles. The van der Waals surface area contributed by atoms with Crippen molar-refractivity contribution in [1.82, 2.24) is 0 Å². The maximum absolute atomic E-state index is 12.4. The van der Waals surface area contributed by atoms with Crippen LogP contribution in [0.3, 0.4) is 0 Å². The van der Waals surface area contributed by atoms with Crippen LogP contribution in [0.2, 0.25) is 0 Å². The monoisotopic (exact) mass is 520 g/mol. The third-order valence-electron chi connectivity index (χ3n) is 8.60. The van der Waals surface area contributed by atoms with Crippen LogP contribution in [0.5, 0.6) is 5.75 Å². The van der Waals surface area contributed by atoms with E-state index < -0.39 is 0 Å². The van der Waals surface area contributed by atoms with Crippen molar-refractivity contribution >= 4 is 11.5 Å². The largest absolute Gasteiger partial charge is 0.457 e. The van der Waals surface area contributed by atoms with Crippen LogP contribution in [0.25, 0.3) is 16.9 Å². The predicted octanol–water partition coefficient (Wildman–Crippen LogP) is 10.1. The van der Waals surface area contributed by atoms with E-state index in [0.29, 0.717) is 12.2 Å². The minimum Gasteiger partial charge on any atom is -0.457 e. The molecule has 1 fully saturated rings. The molecule has 0 radical (unpaired) electrons. The van der Waals surface area contributed by atoms with Crippen LogP contribution < -0.4 is 4.74 Å². The fourth-order valence-corrected chi connectivity index (χ4v) is 6.31. The Balaban J connectivity index is 1.12. The number of ketones is 1. The van der Waals surface area contributed by atoms with E-state index in [2.05, 4.69) is 54.6 Å². The van der Waals surface area contributed by atoms with Gasteiger partial charge in [0.25, 0.3) is 0 Å². The number of hydrogen-bond acceptors (Lipinski definition) is 2. The number of unbranched alkanes of at least 4 members (excludes halogenated alkanes) is 4. The van der Waals surface area contributed by atoms with E-state index in [0.717, 1.165) is 42.1 Å². The molecule has 204 valence electrons. The van der Waals surface area contributed by atoms with Crippen molar-refractivity contribution in [3.8, 4) is 16.9 Å². The van der Waals surface area contributed by atoms with Crippen molar-refractivity contribution in [3.05, 3.63) is 95.6 Å². The van der Waals surface area contributed by atoms with E-state index >= 15 is 0 Å². The Hall–Kier alpha value is -3.13. The lowest BCUT2D eigenvalue weighted by molar-refractivity contribution is -0.114. The maximum Gasteiger partial charge on any atom is 0.159 e. The highest BCUT2D eigenvalue weighted by Gasteiger charge is 2.16. The quantitative estimate of drug-likeness (QED) is 0.235. The maximum atomic E-state index is 12.4. The number of carbonyl (C=O) groups excluding carboxylic acids is 1. The molecule has 5 rings (SSSR count). The van der Waals surface area contributed by atoms with Crippen LogP contribution in [0.15, 0.2) is 78.9 Å². The van der Waals surface area contributed by atoms with Gasteiger partial charge in [0.2, 0.25) is 0 Å². The summed E-state index contributed by atoms with van der Waals surface area (Å²) >= 11 is 0. The molecule has 0 spiro atoms. The zero-order chi connectivity index (χ0) is 26.7. The van der Waals surface area contributed by atoms with Crippen molar-refractivity contribution in [2.75, 3.05) is 0 Å². The standard InChI is InChI=1S/C37H44O2/c38-34-20-11-18-32-17-9-10-22-36(32)37(28-34)39-35-21-12-19-33(27-35)31-25-23-30(24-26-31)16-6-3-1-2-5-13-29-14-7-4-8-15-29/h9-10,12,17,19,21-29H,1-8,11,13-16,18,20H2. The average Bonchev–Trinajstić information content (AvgIpc) is 2.97. The Labute approximate surface area is 235 Å². The van der Waals surface area contributed by atoms with Gasteiger partial charge < -0.3 is 4.74 Å². The number of hydrogen-bond donors (Lipinski definition) is 0. The molecule has 0 bridgehead atoms. The highest BCUT2D eigenvalue weighted by Crippen LogP contribution is 2.31. The first-order valence-corrected chi connectivity index (χ1v) is 15.4. The van der Waals surface area contributed by atoms with Gasteiger partial charge in [-0.15, -0.1) is 0 Å². The Morgan fingerprint density at radius 2 is 1.49 bits per heavy atom. The van der Waals surface area contributed by atoms with Crippen molar-refractivity contribution in [1.29, 1.82) is 0 Å². The highest BCUT2D eigenvalue weighted by molar-refractivity contribution is 5.96. The molecule has 0 amide bonds. The third kappa shape index (κ3) is 8.18. The van der Waals surface area contributed by atoms with Gasteiger partial charge in [-0.1, -0.05) is 125 Å². The third-order valence-corrected chi connectivity index (χ3v) is 8.60. The molecule has 2 heteroatoms. The van der Waals surface area contributed by atoms with E-state index in [1.54, 1.807) is 6.08 Å². The normalized spacial score (nSPS) is 16.2. The molecule has 0 unspecified atom stereocenters. The van der Waals surface area contributed by atoms with Gasteiger partial charge >= 0.3 is 0 Å². The fourth-order valence-electron chi connectivity index (χ4n) is 6.31. The second kappa shape index (κ2) is 14.3. The predicted molar refractivity (Wildman–Crippen MR) is 163 cm³/mol. The van der Waals surface area contributed by atoms with Crippen LogP contribution in [0.1, 0.15) is 100 Å². The zero-order valence-corrected chi connectivity index (χ0v) is 23.5. The average molecular weight is 521 g/mol. The van der Waals surface area contributed by atoms with E-state index in [-0.39, 0.29) is 5.78 Å². The Kier molecular flexibility index (Phi) is 10.1. The van der Waals surface area contributed by atoms with E-state index in [1.165, 1.54) is 87.3 Å². The first-order chi connectivity index (χ1) is 19.2. The first-order valence-electron chi connectivity index (χ1n) is 15.4. The van der Waals surface area contributed by atoms with E-state index in [9.17, 15) is 4.79 Å². The second-order valence-corrected chi connectivity index (χ2v) is 11.6. The lowest BCUT2D eigenvalue weighted by Crippen LogP contribution is -2.07. The molecule has 39 heavy (non-hydrogen) atoms. The second-order valence-electron chi connectivity index (χ2n) is 11.6. The van der Waals surface area contributed by atoms with Gasteiger partial charge in [-0.3, -0.25) is 4.79 Å². The van der Waals surface area contributed by atoms with Crippen LogP contribution in [0, 0.1) is 5.92 Å². The Bertz CT molecular complexity index is 1230. The summed E-state index contributed by atoms with van der Waals surface area (Å²) in [6.45, 7) is 0. The number of allylic oxidation sites excluding steroid dienone is 1. The molecule has 3 aromatic rings. The summed E-state index contributed by atoms with van der Waals surface area (Å²) in [6, 6.07) is 25.5. The molecule has 0 aromatic heterocycles. The highest BCUT2D eigenvalue weighted by atomic mass is 16.5. The Morgan fingerprint density at radius 3 is 2.36 bits per heavy atom. The molecule has 2 nitrogen and oxygen atoms in total. The summed E-state index contributed by atoms with van der Waals surface area (Å²) in [5, 5.41) is 0. The van der Waals surface area contributed by atoms with Crippen molar-refractivity contribution in [2.24, 2.45) is 5.92 Å². The van der Waals surface area contributed by atoms with Gasteiger partial charge in [-0.25, -0.2) is 0 Å². The minimum absolute atomic E-state index is 0.130. The van der Waals surface area contributed by atoms with Gasteiger partial charge in [0.1, 0.15) is 11.5 Å². The van der Waals surface area contributed by atoms with Crippen LogP contribution in [-0.2, 0) is 17.6 Å². The zero-order valence-electron chi connectivity index (χ0n) is 23.5. The number of fused-ring (bicyclic) bond motifs is 1. The van der Waals surface area contributed by atoms with Crippen LogP contribution in [0.4, 0.5) is 0 Å². The lowest BCUT2D eigenvalue weighted by atomic mass is 9.85. The molecular formula is C37H44O2. The summed E-state index contributed by atoms with van der Waals surface area (Å²) in [5.41, 5.74) is 5.99. The van der Waals surface area contributed by atoms with Gasteiger partial charge in [0, 0.05) is 18.1 Å². The molecule has 3 aromatic carbocycles. The van der Waals surface area contributed by atoms with Crippen molar-refractivity contribution < 1.29 is 9.53 Å². The smallest absolute Gasteiger partial charge is 0.159 e. The molecule has 0 heterocycles. The fraction of sp³-hybridized carbons (Fsp3) is 0.432. The lowest BCUT2D eigenvalue weighted by Gasteiger charge is -2.21. The summed E-state index contributed by atoms with van der Waals surface area (Å²) in [7, 11) is 0. The summed E-state index contributed by atoms with van der Waals surface area (Å²) in [4.78, 5) is 12.4. The molecule has 2 aliphatic carbocycles. The summed E-state index contributed by atoms with van der Waals surface area (Å²) < 4.78 is 6.34. The van der Waals surface area contributed by atoms with Crippen molar-refractivity contribution in [2.45, 2.75) is 96.3 Å². The first kappa shape index (κ1) is 27.4. The number of carbonyl (C=O) groups is 1. The minimum atomic E-state index is 0.130. The topological polar surface area (TPSA) is 26.3 Å². The molecule has 2 aliphatic rings. The Morgan fingerprint density at radius 1 is 0.692 bits per heavy atom.